The maximum absolute atomic E-state index is 11.8. The van der Waals surface area contributed by atoms with Crippen LogP contribution in [0.1, 0.15) is 18.2 Å². The predicted molar refractivity (Wildman–Crippen MR) is 81.5 cm³/mol. The van der Waals surface area contributed by atoms with E-state index in [1.807, 2.05) is 4.98 Å². The first-order valence-corrected chi connectivity index (χ1v) is 11.8. The van der Waals surface area contributed by atoms with Gasteiger partial charge in [0.2, 0.25) is 0 Å². The molecular weight excluding hydrogens is 493 g/mol. The van der Waals surface area contributed by atoms with Gasteiger partial charge in [-0.05, 0) is 6.92 Å². The monoisotopic (exact) mass is 506 g/mol. The third-order valence-corrected chi connectivity index (χ3v) is 7.07. The molecule has 0 saturated carbocycles. The van der Waals surface area contributed by atoms with Crippen molar-refractivity contribution in [2.45, 2.75) is 31.8 Å². The van der Waals surface area contributed by atoms with Crippen LogP contribution in [0, 0.1) is 6.92 Å². The SMILES string of the molecule is Cc1cn(C2OC(COP(=O)([O-])OP(=O)([O-])OP(=O)([O-])[O-])CC2O)c(=O)[nH]c1=O.[Li+].[Li+].[Li+].[Li+]. The van der Waals surface area contributed by atoms with Gasteiger partial charge < -0.3 is 38.5 Å². The minimum atomic E-state index is -6.11. The van der Waals surface area contributed by atoms with E-state index in [2.05, 4.69) is 13.1 Å². The number of aliphatic hydroxyl groups is 1. The van der Waals surface area contributed by atoms with Crippen LogP contribution in [-0.4, -0.2) is 33.5 Å². The molecular formula is C10H13Li4N2O14P3. The molecule has 1 aromatic rings. The Bertz CT molecular complexity index is 1030. The quantitative estimate of drug-likeness (QED) is 0.245. The van der Waals surface area contributed by atoms with E-state index in [0.29, 0.717) is 0 Å². The predicted octanol–water partition coefficient (Wildman–Crippen LogP) is -15.7. The van der Waals surface area contributed by atoms with Crippen molar-refractivity contribution >= 4 is 23.5 Å². The van der Waals surface area contributed by atoms with E-state index in [0.717, 1.165) is 10.8 Å². The summed E-state index contributed by atoms with van der Waals surface area (Å²) in [5.41, 5.74) is -1.45. The van der Waals surface area contributed by atoms with E-state index >= 15 is 0 Å². The fourth-order valence-electron chi connectivity index (χ4n) is 2.32. The Kier molecular flexibility index (Phi) is 17.7. The van der Waals surface area contributed by atoms with Crippen molar-refractivity contribution in [1.29, 1.82) is 0 Å². The van der Waals surface area contributed by atoms with Crippen molar-refractivity contribution in [3.63, 3.8) is 0 Å². The number of aromatic nitrogens is 2. The van der Waals surface area contributed by atoms with Gasteiger partial charge >= 0.3 is 81.1 Å². The second-order valence-electron chi connectivity index (χ2n) is 5.73. The minimum absolute atomic E-state index is 0. The first-order chi connectivity index (χ1) is 13.1. The summed E-state index contributed by atoms with van der Waals surface area (Å²) in [5.74, 6) is 0. The zero-order valence-electron chi connectivity index (χ0n) is 18.3. The topological polar surface area (TPSA) is 255 Å². The van der Waals surface area contributed by atoms with E-state index < -0.39 is 59.8 Å². The van der Waals surface area contributed by atoms with Crippen LogP contribution in [0.15, 0.2) is 15.8 Å². The molecule has 2 rings (SSSR count). The third-order valence-electron chi connectivity index (χ3n) is 3.40. The maximum Gasteiger partial charge on any atom is 1.00 e. The third kappa shape index (κ3) is 12.5. The molecule has 2 N–H and O–H groups in total. The number of aromatic amines is 1. The number of nitrogens with one attached hydrogen (secondary N) is 1. The van der Waals surface area contributed by atoms with Gasteiger partial charge in [0, 0.05) is 18.2 Å². The molecule has 0 spiro atoms. The Balaban J connectivity index is -0.00000225. The molecule has 0 bridgehead atoms. The summed E-state index contributed by atoms with van der Waals surface area (Å²) in [4.78, 5) is 68.2. The number of ether oxygens (including phenoxy) is 1. The van der Waals surface area contributed by atoms with Gasteiger partial charge in [0.15, 0.2) is 6.23 Å². The van der Waals surface area contributed by atoms with Crippen LogP contribution in [0.25, 0.3) is 0 Å². The summed E-state index contributed by atoms with van der Waals surface area (Å²) in [7, 11) is -17.9. The average molecular weight is 506 g/mol. The second kappa shape index (κ2) is 15.0. The average Bonchev–Trinajstić information content (AvgIpc) is 2.86. The van der Waals surface area contributed by atoms with Crippen LogP contribution in [0.5, 0.6) is 0 Å². The van der Waals surface area contributed by atoms with Gasteiger partial charge in [-0.2, -0.15) is 0 Å². The van der Waals surface area contributed by atoms with Gasteiger partial charge in [-0.25, -0.2) is 9.11 Å². The zero-order valence-corrected chi connectivity index (χ0v) is 21.0. The standard InChI is InChI=1S/C10H17N2O14P3.4Li/c1-5-3-12(10(15)11-8(5)14)9-7(13)2-6(24-9)4-23-28(19,20)26-29(21,22)25-27(16,17)18;;;;/h3,6-7,9,13H,2,4H2,1H3,(H,19,20)(H,21,22)(H,11,14,15)(H2,16,17,18);;;;/q;4*+1/p-4. The summed E-state index contributed by atoms with van der Waals surface area (Å²) in [5, 5.41) is 10.0. The minimum Gasteiger partial charge on any atom is -0.790 e. The number of hydrogen-bond acceptors (Lipinski definition) is 14. The molecule has 0 amide bonds. The van der Waals surface area contributed by atoms with Crippen molar-refractivity contribution in [2.75, 3.05) is 6.61 Å². The smallest absolute Gasteiger partial charge is 0.790 e. The van der Waals surface area contributed by atoms with Crippen molar-refractivity contribution < 1.29 is 132 Å². The summed E-state index contributed by atoms with van der Waals surface area (Å²) in [6, 6.07) is 0. The Labute approximate surface area is 234 Å². The Morgan fingerprint density at radius 2 is 1.64 bits per heavy atom. The summed E-state index contributed by atoms with van der Waals surface area (Å²) in [6.45, 7) is 0.478. The molecule has 1 aliphatic heterocycles. The molecule has 33 heavy (non-hydrogen) atoms. The molecule has 1 aliphatic rings. The summed E-state index contributed by atoms with van der Waals surface area (Å²) < 4.78 is 49.5. The number of hydrogen-bond donors (Lipinski definition) is 2. The van der Waals surface area contributed by atoms with E-state index in [-0.39, 0.29) is 87.4 Å². The summed E-state index contributed by atoms with van der Waals surface area (Å²) >= 11 is 0. The fourth-order valence-corrected chi connectivity index (χ4v) is 5.21. The fraction of sp³-hybridized carbons (Fsp3) is 0.600. The van der Waals surface area contributed by atoms with Gasteiger partial charge in [-0.15, -0.1) is 0 Å². The maximum atomic E-state index is 11.8. The molecule has 0 aromatic carbocycles. The van der Waals surface area contributed by atoms with Crippen molar-refractivity contribution in [3.05, 3.63) is 32.6 Å². The van der Waals surface area contributed by atoms with E-state index in [4.69, 9.17) is 4.74 Å². The number of rotatable bonds is 8. The Morgan fingerprint density at radius 1 is 1.09 bits per heavy atom. The van der Waals surface area contributed by atoms with Crippen molar-refractivity contribution in [1.82, 2.24) is 9.55 Å². The van der Waals surface area contributed by atoms with Gasteiger partial charge in [-0.3, -0.25) is 27.8 Å². The van der Waals surface area contributed by atoms with E-state index in [1.165, 1.54) is 6.92 Å². The second-order valence-corrected chi connectivity index (χ2v) is 9.98. The molecule has 0 aliphatic carbocycles. The molecule has 1 fully saturated rings. The van der Waals surface area contributed by atoms with Gasteiger partial charge in [0.05, 0.1) is 20.5 Å². The van der Waals surface area contributed by atoms with Crippen LogP contribution < -0.4 is 106 Å². The summed E-state index contributed by atoms with van der Waals surface area (Å²) in [6.07, 6.45) is -3.00. The molecule has 16 nitrogen and oxygen atoms in total. The molecule has 5 unspecified atom stereocenters. The van der Waals surface area contributed by atoms with Gasteiger partial charge in [0.1, 0.15) is 6.10 Å². The molecule has 23 heteroatoms. The molecule has 5 atom stereocenters. The number of aliphatic hydroxyl groups excluding tert-OH is 1. The van der Waals surface area contributed by atoms with E-state index in [1.54, 1.807) is 0 Å². The molecule has 1 aromatic heterocycles. The van der Waals surface area contributed by atoms with Crippen LogP contribution in [0.2, 0.25) is 0 Å². The largest absolute Gasteiger partial charge is 1.00 e. The first kappa shape index (κ1) is 38.9. The van der Waals surface area contributed by atoms with Crippen LogP contribution in [-0.2, 0) is 31.6 Å². The van der Waals surface area contributed by atoms with E-state index in [9.17, 15) is 48.0 Å². The molecule has 2 heterocycles. The van der Waals surface area contributed by atoms with Crippen LogP contribution >= 0.6 is 23.5 Å². The van der Waals surface area contributed by atoms with Gasteiger partial charge in [-0.1, -0.05) is 0 Å². The molecule has 166 valence electrons. The number of aryl methyl sites for hydroxylation is 1. The first-order valence-electron chi connectivity index (χ1n) is 7.45. The Morgan fingerprint density at radius 3 is 2.15 bits per heavy atom. The van der Waals surface area contributed by atoms with Crippen LogP contribution in [0.3, 0.4) is 0 Å². The van der Waals surface area contributed by atoms with Crippen molar-refractivity contribution in [3.8, 4) is 0 Å². The number of phosphoric acid groups is 3. The normalized spacial score (nSPS) is 23.5. The number of H-pyrrole nitrogens is 1. The number of nitrogens with zero attached hydrogens (tertiary/aromatic N) is 1. The molecule has 1 saturated heterocycles. The van der Waals surface area contributed by atoms with Crippen molar-refractivity contribution in [2.24, 2.45) is 0 Å². The zero-order chi connectivity index (χ0) is 22.2. The van der Waals surface area contributed by atoms with Crippen LogP contribution in [0.4, 0.5) is 0 Å². The van der Waals surface area contributed by atoms with Gasteiger partial charge in [0.25, 0.3) is 21.2 Å². The Hall–Kier alpha value is 1.40. The number of phosphoric ester groups is 1. The molecule has 0 radical (unpaired) electrons.